The summed E-state index contributed by atoms with van der Waals surface area (Å²) < 4.78 is 0. The number of hydrogen-bond acceptors (Lipinski definition) is 0. The number of allylic oxidation sites excluding steroid dienone is 4. The molecule has 0 spiro atoms. The largest absolute Gasteiger partial charge is 0.103 e. The fraction of sp³-hybridized carbons (Fsp3) is 0.538. The van der Waals surface area contributed by atoms with Crippen LogP contribution in [0.1, 0.15) is 44.9 Å². The van der Waals surface area contributed by atoms with Gasteiger partial charge in [-0.05, 0) is 44.9 Å². The third-order valence-electron chi connectivity index (χ3n) is 1.94. The Morgan fingerprint density at radius 2 is 1.46 bits per heavy atom. The van der Waals surface area contributed by atoms with Gasteiger partial charge < -0.3 is 0 Å². The molecule has 0 bridgehead atoms. The average molecular weight is 177 g/mol. The predicted molar refractivity (Wildman–Crippen MR) is 60.5 cm³/mol. The smallest absolute Gasteiger partial charge is 0.0345 e. The molecule has 0 aliphatic rings. The molecule has 0 atom stereocenters. The van der Waals surface area contributed by atoms with Crippen LogP contribution in [0.2, 0.25) is 0 Å². The lowest BCUT2D eigenvalue weighted by Gasteiger charge is -1.92. The van der Waals surface area contributed by atoms with Crippen molar-refractivity contribution in [2.45, 2.75) is 44.9 Å². The molecule has 0 aliphatic heterocycles. The molecule has 0 unspecified atom stereocenters. The molecule has 73 valence electrons. The maximum Gasteiger partial charge on any atom is -0.0345 e. The molecule has 0 fully saturated rings. The van der Waals surface area contributed by atoms with Crippen molar-refractivity contribution < 1.29 is 0 Å². The minimum absolute atomic E-state index is 1.03. The van der Waals surface area contributed by atoms with Crippen LogP contribution in [0, 0.1) is 6.58 Å². The van der Waals surface area contributed by atoms with Crippen LogP contribution >= 0.6 is 0 Å². The molecular formula is C13H21. The first-order valence-electron chi connectivity index (χ1n) is 5.21. The third-order valence-corrected chi connectivity index (χ3v) is 1.94. The Hall–Kier alpha value is -0.780. The Morgan fingerprint density at radius 1 is 0.846 bits per heavy atom. The van der Waals surface area contributed by atoms with Crippen molar-refractivity contribution in [1.29, 1.82) is 0 Å². The maximum atomic E-state index is 5.27. The second-order valence-electron chi connectivity index (χ2n) is 3.21. The van der Waals surface area contributed by atoms with Crippen LogP contribution in [0.25, 0.3) is 0 Å². The molecule has 0 saturated carbocycles. The molecule has 0 saturated heterocycles. The zero-order valence-corrected chi connectivity index (χ0v) is 8.54. The van der Waals surface area contributed by atoms with Gasteiger partial charge in [-0.2, -0.15) is 0 Å². The van der Waals surface area contributed by atoms with Gasteiger partial charge in [-0.25, -0.2) is 0 Å². The molecule has 0 N–H and O–H groups in total. The van der Waals surface area contributed by atoms with Gasteiger partial charge in [0.25, 0.3) is 0 Å². The highest BCUT2D eigenvalue weighted by atomic mass is 13.9. The van der Waals surface area contributed by atoms with Gasteiger partial charge in [0.15, 0.2) is 0 Å². The van der Waals surface area contributed by atoms with E-state index in [1.807, 2.05) is 6.08 Å². The molecule has 0 aromatic rings. The van der Waals surface area contributed by atoms with Crippen LogP contribution in [-0.2, 0) is 0 Å². The van der Waals surface area contributed by atoms with E-state index in [0.717, 1.165) is 19.3 Å². The van der Waals surface area contributed by atoms with E-state index in [1.165, 1.54) is 25.7 Å². The van der Waals surface area contributed by atoms with Gasteiger partial charge in [0.05, 0.1) is 0 Å². The maximum absolute atomic E-state index is 5.27. The van der Waals surface area contributed by atoms with E-state index in [2.05, 4.69) is 18.7 Å². The van der Waals surface area contributed by atoms with Gasteiger partial charge in [0, 0.05) is 0 Å². The summed E-state index contributed by atoms with van der Waals surface area (Å²) in [6, 6.07) is 0. The molecule has 0 heterocycles. The quantitative estimate of drug-likeness (QED) is 0.360. The van der Waals surface area contributed by atoms with Gasteiger partial charge in [-0.1, -0.05) is 30.9 Å². The average Bonchev–Trinajstić information content (AvgIpc) is 2.16. The first-order valence-corrected chi connectivity index (χ1v) is 5.21. The first kappa shape index (κ1) is 12.2. The Bertz CT molecular complexity index is 142. The summed E-state index contributed by atoms with van der Waals surface area (Å²) in [6.07, 6.45) is 16.5. The Kier molecular flexibility index (Phi) is 10.5. The Labute approximate surface area is 83.0 Å². The second-order valence-corrected chi connectivity index (χ2v) is 3.21. The third kappa shape index (κ3) is 11.2. The molecule has 0 rings (SSSR count). The molecule has 0 aromatic carbocycles. The van der Waals surface area contributed by atoms with Crippen LogP contribution in [0.15, 0.2) is 30.9 Å². The van der Waals surface area contributed by atoms with E-state index in [1.54, 1.807) is 6.08 Å². The van der Waals surface area contributed by atoms with Crippen LogP contribution in [0.5, 0.6) is 0 Å². The van der Waals surface area contributed by atoms with Gasteiger partial charge >= 0.3 is 0 Å². The topological polar surface area (TPSA) is 0 Å². The lowest BCUT2D eigenvalue weighted by atomic mass is 10.1. The number of rotatable bonds is 9. The number of unbranched alkanes of at least 4 members (excludes halogenated alkanes) is 5. The first-order chi connectivity index (χ1) is 6.41. The molecule has 13 heavy (non-hydrogen) atoms. The highest BCUT2D eigenvalue weighted by molar-refractivity contribution is 4.82. The van der Waals surface area contributed by atoms with Gasteiger partial charge in [-0.3, -0.25) is 0 Å². The molecule has 0 nitrogen and oxygen atoms in total. The van der Waals surface area contributed by atoms with E-state index < -0.39 is 0 Å². The summed E-state index contributed by atoms with van der Waals surface area (Å²) >= 11 is 0. The zero-order valence-electron chi connectivity index (χ0n) is 8.54. The van der Waals surface area contributed by atoms with Crippen LogP contribution in [-0.4, -0.2) is 0 Å². The lowest BCUT2D eigenvalue weighted by Crippen LogP contribution is -1.72. The SMILES string of the molecule is [CH]=CCCCC=CCCCCC=C. The van der Waals surface area contributed by atoms with E-state index >= 15 is 0 Å². The van der Waals surface area contributed by atoms with Crippen molar-refractivity contribution >= 4 is 0 Å². The molecule has 0 heteroatoms. The lowest BCUT2D eigenvalue weighted by molar-refractivity contribution is 0.759. The molecule has 1 radical (unpaired) electrons. The molecule has 0 amide bonds. The molecule has 0 aromatic heterocycles. The van der Waals surface area contributed by atoms with Crippen LogP contribution < -0.4 is 0 Å². The van der Waals surface area contributed by atoms with Gasteiger partial charge in [0.2, 0.25) is 0 Å². The Balaban J connectivity index is 3.02. The monoisotopic (exact) mass is 177 g/mol. The van der Waals surface area contributed by atoms with Crippen LogP contribution in [0.4, 0.5) is 0 Å². The van der Waals surface area contributed by atoms with E-state index in [0.29, 0.717) is 0 Å². The van der Waals surface area contributed by atoms with Gasteiger partial charge in [-0.15, -0.1) is 6.58 Å². The summed E-state index contributed by atoms with van der Waals surface area (Å²) in [4.78, 5) is 0. The summed E-state index contributed by atoms with van der Waals surface area (Å²) in [5.74, 6) is 0. The van der Waals surface area contributed by atoms with Crippen LogP contribution in [0.3, 0.4) is 0 Å². The summed E-state index contributed by atoms with van der Waals surface area (Å²) in [7, 11) is 0. The summed E-state index contributed by atoms with van der Waals surface area (Å²) in [6.45, 7) is 8.96. The van der Waals surface area contributed by atoms with Crippen molar-refractivity contribution in [2.24, 2.45) is 0 Å². The zero-order chi connectivity index (χ0) is 9.78. The van der Waals surface area contributed by atoms with Crippen molar-refractivity contribution in [1.82, 2.24) is 0 Å². The van der Waals surface area contributed by atoms with Crippen molar-refractivity contribution in [3.8, 4) is 0 Å². The summed E-state index contributed by atoms with van der Waals surface area (Å²) in [5.41, 5.74) is 0. The van der Waals surface area contributed by atoms with E-state index in [-0.39, 0.29) is 0 Å². The standard InChI is InChI=1S/C13H21/c1-3-5-7-9-11-13-12-10-8-6-4-2/h1,3-4,11,13H,2,5-10,12H2. The number of hydrogen-bond donors (Lipinski definition) is 0. The van der Waals surface area contributed by atoms with Crippen molar-refractivity contribution in [3.63, 3.8) is 0 Å². The highest BCUT2D eigenvalue weighted by Crippen LogP contribution is 2.03. The fourth-order valence-electron chi connectivity index (χ4n) is 1.14. The predicted octanol–water partition coefficient (Wildman–Crippen LogP) is 4.45. The molecule has 0 aliphatic carbocycles. The summed E-state index contributed by atoms with van der Waals surface area (Å²) in [5, 5.41) is 0. The van der Waals surface area contributed by atoms with Gasteiger partial charge in [0.1, 0.15) is 0 Å². The molecular weight excluding hydrogens is 156 g/mol. The second kappa shape index (κ2) is 11.2. The van der Waals surface area contributed by atoms with E-state index in [4.69, 9.17) is 6.58 Å². The van der Waals surface area contributed by atoms with Crippen molar-refractivity contribution in [3.05, 3.63) is 37.5 Å². The minimum atomic E-state index is 1.03. The fourth-order valence-corrected chi connectivity index (χ4v) is 1.14. The van der Waals surface area contributed by atoms with E-state index in [9.17, 15) is 0 Å². The normalized spacial score (nSPS) is 10.5. The van der Waals surface area contributed by atoms with Crippen molar-refractivity contribution in [2.75, 3.05) is 0 Å². The highest BCUT2D eigenvalue weighted by Gasteiger charge is 1.83. The Morgan fingerprint density at radius 3 is 2.08 bits per heavy atom. The minimum Gasteiger partial charge on any atom is -0.103 e.